The fraction of sp³-hybridized carbons (Fsp3) is 0.389. The molecule has 24 heavy (non-hydrogen) atoms. The molecule has 2 N–H and O–H groups in total. The van der Waals surface area contributed by atoms with E-state index in [9.17, 15) is 4.79 Å². The van der Waals surface area contributed by atoms with Gasteiger partial charge in [-0.25, -0.2) is 9.97 Å². The van der Waals surface area contributed by atoms with E-state index in [1.165, 1.54) is 29.9 Å². The Labute approximate surface area is 141 Å². The van der Waals surface area contributed by atoms with E-state index < -0.39 is 0 Å². The molecule has 6 nitrogen and oxygen atoms in total. The Morgan fingerprint density at radius 2 is 1.92 bits per heavy atom. The first kappa shape index (κ1) is 16.2. The molecule has 1 aromatic heterocycles. The summed E-state index contributed by atoms with van der Waals surface area (Å²) in [5.74, 6) is 1.16. The Bertz CT molecular complexity index is 729. The van der Waals surface area contributed by atoms with Gasteiger partial charge in [-0.2, -0.15) is 0 Å². The number of rotatable bonds is 6. The molecule has 0 bridgehead atoms. The molecular weight excluding hydrogens is 304 g/mol. The second kappa shape index (κ2) is 7.29. The largest absolute Gasteiger partial charge is 0.496 e. The topological polar surface area (TPSA) is 76.1 Å². The Morgan fingerprint density at radius 1 is 1.21 bits per heavy atom. The van der Waals surface area contributed by atoms with Crippen molar-refractivity contribution in [2.24, 2.45) is 0 Å². The molecule has 1 aliphatic rings. The van der Waals surface area contributed by atoms with Crippen LogP contribution in [0.15, 0.2) is 24.5 Å². The van der Waals surface area contributed by atoms with Gasteiger partial charge in [-0.05, 0) is 43.4 Å². The second-order valence-electron chi connectivity index (χ2n) is 5.79. The molecule has 1 aromatic carbocycles. The molecule has 0 saturated heterocycles. The average Bonchev–Trinajstić information content (AvgIpc) is 3.07. The van der Waals surface area contributed by atoms with Crippen LogP contribution >= 0.6 is 0 Å². The number of amides is 1. The average molecular weight is 326 g/mol. The standard InChI is InChI=1S/C18H22N4O2/c1-3-19-18-21-10-15(11-22-18)17(23)20-9-14-7-12-5-4-6-13(12)8-16(14)24-2/h7-8,10-11H,3-6,9H2,1-2H3,(H,20,23)(H,19,21,22). The van der Waals surface area contributed by atoms with Crippen molar-refractivity contribution in [3.05, 3.63) is 46.8 Å². The summed E-state index contributed by atoms with van der Waals surface area (Å²) in [6.07, 6.45) is 6.44. The molecule has 0 atom stereocenters. The van der Waals surface area contributed by atoms with Crippen LogP contribution in [0.25, 0.3) is 0 Å². The van der Waals surface area contributed by atoms with Gasteiger partial charge < -0.3 is 15.4 Å². The predicted octanol–water partition coefficient (Wildman–Crippen LogP) is 2.34. The van der Waals surface area contributed by atoms with E-state index in [1.54, 1.807) is 7.11 Å². The quantitative estimate of drug-likeness (QED) is 0.852. The number of hydrogen-bond acceptors (Lipinski definition) is 5. The molecule has 1 amide bonds. The number of ether oxygens (including phenoxy) is 1. The first-order valence-electron chi connectivity index (χ1n) is 8.24. The Balaban J connectivity index is 1.68. The van der Waals surface area contributed by atoms with E-state index >= 15 is 0 Å². The highest BCUT2D eigenvalue weighted by atomic mass is 16.5. The third-order valence-corrected chi connectivity index (χ3v) is 4.18. The van der Waals surface area contributed by atoms with Gasteiger partial charge in [-0.1, -0.05) is 6.07 Å². The third kappa shape index (κ3) is 3.48. The van der Waals surface area contributed by atoms with E-state index in [1.807, 2.05) is 6.92 Å². The summed E-state index contributed by atoms with van der Waals surface area (Å²) in [4.78, 5) is 20.5. The minimum Gasteiger partial charge on any atom is -0.496 e. The SMILES string of the molecule is CCNc1ncc(C(=O)NCc2cc3c(cc2OC)CCC3)cn1. The van der Waals surface area contributed by atoms with Crippen molar-refractivity contribution in [1.82, 2.24) is 15.3 Å². The van der Waals surface area contributed by atoms with Crippen LogP contribution in [0, 0.1) is 0 Å². The first-order chi connectivity index (χ1) is 11.7. The van der Waals surface area contributed by atoms with Crippen molar-refractivity contribution in [1.29, 1.82) is 0 Å². The van der Waals surface area contributed by atoms with Crippen LogP contribution in [0.3, 0.4) is 0 Å². The first-order valence-corrected chi connectivity index (χ1v) is 8.24. The zero-order valence-electron chi connectivity index (χ0n) is 14.1. The second-order valence-corrected chi connectivity index (χ2v) is 5.79. The number of aromatic nitrogens is 2. The number of hydrogen-bond donors (Lipinski definition) is 2. The fourth-order valence-electron chi connectivity index (χ4n) is 2.95. The van der Waals surface area contributed by atoms with Gasteiger partial charge in [-0.15, -0.1) is 0 Å². The molecular formula is C18H22N4O2. The molecule has 2 aromatic rings. The van der Waals surface area contributed by atoms with Crippen molar-refractivity contribution < 1.29 is 9.53 Å². The van der Waals surface area contributed by atoms with Gasteiger partial charge in [0.1, 0.15) is 5.75 Å². The number of methoxy groups -OCH3 is 1. The molecule has 0 spiro atoms. The number of carbonyl (C=O) groups is 1. The highest BCUT2D eigenvalue weighted by molar-refractivity contribution is 5.93. The van der Waals surface area contributed by atoms with Gasteiger partial charge in [0, 0.05) is 31.0 Å². The fourth-order valence-corrected chi connectivity index (χ4v) is 2.95. The van der Waals surface area contributed by atoms with Gasteiger partial charge in [0.2, 0.25) is 5.95 Å². The number of benzene rings is 1. The zero-order valence-corrected chi connectivity index (χ0v) is 14.1. The van der Waals surface area contributed by atoms with Crippen molar-refractivity contribution >= 4 is 11.9 Å². The number of carbonyl (C=O) groups excluding carboxylic acids is 1. The molecule has 1 aliphatic carbocycles. The lowest BCUT2D eigenvalue weighted by Crippen LogP contribution is -2.23. The Kier molecular flexibility index (Phi) is 4.93. The lowest BCUT2D eigenvalue weighted by molar-refractivity contribution is 0.0950. The van der Waals surface area contributed by atoms with Crippen molar-refractivity contribution in [2.45, 2.75) is 32.7 Å². The summed E-state index contributed by atoms with van der Waals surface area (Å²) in [5.41, 5.74) is 4.15. The summed E-state index contributed by atoms with van der Waals surface area (Å²) in [6.45, 7) is 3.13. The lowest BCUT2D eigenvalue weighted by Gasteiger charge is -2.12. The van der Waals surface area contributed by atoms with Crippen LogP contribution in [0.4, 0.5) is 5.95 Å². The molecule has 6 heteroatoms. The van der Waals surface area contributed by atoms with Crippen molar-refractivity contribution in [3.8, 4) is 5.75 Å². The number of fused-ring (bicyclic) bond motifs is 1. The number of aryl methyl sites for hydroxylation is 2. The molecule has 0 aliphatic heterocycles. The van der Waals surface area contributed by atoms with Crippen LogP contribution in [0.5, 0.6) is 5.75 Å². The molecule has 3 rings (SSSR count). The smallest absolute Gasteiger partial charge is 0.254 e. The predicted molar refractivity (Wildman–Crippen MR) is 92.4 cm³/mol. The van der Waals surface area contributed by atoms with Crippen LogP contribution < -0.4 is 15.4 Å². The van der Waals surface area contributed by atoms with Gasteiger partial charge >= 0.3 is 0 Å². The lowest BCUT2D eigenvalue weighted by atomic mass is 10.0. The van der Waals surface area contributed by atoms with Gasteiger partial charge in [0.05, 0.1) is 12.7 Å². The molecule has 0 unspecified atom stereocenters. The number of anilines is 1. The van der Waals surface area contributed by atoms with Gasteiger partial charge in [0.15, 0.2) is 0 Å². The molecule has 0 radical (unpaired) electrons. The minimum absolute atomic E-state index is 0.194. The van der Waals surface area contributed by atoms with E-state index in [4.69, 9.17) is 4.74 Å². The van der Waals surface area contributed by atoms with Gasteiger partial charge in [-0.3, -0.25) is 4.79 Å². The van der Waals surface area contributed by atoms with Gasteiger partial charge in [0.25, 0.3) is 5.91 Å². The highest BCUT2D eigenvalue weighted by Gasteiger charge is 2.16. The monoisotopic (exact) mass is 326 g/mol. The number of nitrogens with one attached hydrogen (secondary N) is 2. The molecule has 1 heterocycles. The Hall–Kier alpha value is -2.63. The maximum Gasteiger partial charge on any atom is 0.254 e. The van der Waals surface area contributed by atoms with Crippen LogP contribution in [-0.4, -0.2) is 29.5 Å². The number of nitrogens with zero attached hydrogens (tertiary/aromatic N) is 2. The van der Waals surface area contributed by atoms with E-state index in [0.29, 0.717) is 18.1 Å². The summed E-state index contributed by atoms with van der Waals surface area (Å²) < 4.78 is 5.47. The van der Waals surface area contributed by atoms with Crippen LogP contribution in [0.2, 0.25) is 0 Å². The highest BCUT2D eigenvalue weighted by Crippen LogP contribution is 2.29. The maximum absolute atomic E-state index is 12.3. The normalized spacial score (nSPS) is 12.6. The summed E-state index contributed by atoms with van der Waals surface area (Å²) in [7, 11) is 1.66. The summed E-state index contributed by atoms with van der Waals surface area (Å²) >= 11 is 0. The summed E-state index contributed by atoms with van der Waals surface area (Å²) in [6, 6.07) is 4.24. The van der Waals surface area contributed by atoms with Crippen molar-refractivity contribution in [3.63, 3.8) is 0 Å². The molecule has 126 valence electrons. The van der Waals surface area contributed by atoms with E-state index in [-0.39, 0.29) is 5.91 Å². The van der Waals surface area contributed by atoms with Crippen LogP contribution in [0.1, 0.15) is 40.4 Å². The third-order valence-electron chi connectivity index (χ3n) is 4.18. The van der Waals surface area contributed by atoms with E-state index in [2.05, 4.69) is 32.7 Å². The van der Waals surface area contributed by atoms with Crippen molar-refractivity contribution in [2.75, 3.05) is 19.0 Å². The molecule has 0 saturated carbocycles. The zero-order chi connectivity index (χ0) is 16.9. The Morgan fingerprint density at radius 3 is 2.58 bits per heavy atom. The van der Waals surface area contributed by atoms with E-state index in [0.717, 1.165) is 30.7 Å². The van der Waals surface area contributed by atoms with Crippen LogP contribution in [-0.2, 0) is 19.4 Å². The molecule has 0 fully saturated rings. The summed E-state index contributed by atoms with van der Waals surface area (Å²) in [5, 5.41) is 5.91. The maximum atomic E-state index is 12.3. The minimum atomic E-state index is -0.194.